The minimum absolute atomic E-state index is 0.333. The minimum Gasteiger partial charge on any atom is -0.505 e. The van der Waals surface area contributed by atoms with Crippen molar-refractivity contribution in [2.75, 3.05) is 0 Å². The maximum atomic E-state index is 12.1. The highest BCUT2D eigenvalue weighted by Crippen LogP contribution is 2.36. The zero-order valence-electron chi connectivity index (χ0n) is 33.1. The van der Waals surface area contributed by atoms with Crippen LogP contribution in [-0.2, 0) is 10.1 Å². The van der Waals surface area contributed by atoms with Crippen LogP contribution >= 0.6 is 0 Å². The first kappa shape index (κ1) is 54.2. The Balaban J connectivity index is -0.000000483. The summed E-state index contributed by atoms with van der Waals surface area (Å²) in [5, 5.41) is 28.4. The fourth-order valence-electron chi connectivity index (χ4n) is 3.48. The lowest BCUT2D eigenvalue weighted by Gasteiger charge is -2.09. The van der Waals surface area contributed by atoms with Crippen molar-refractivity contribution in [2.24, 2.45) is 20.5 Å². The summed E-state index contributed by atoms with van der Waals surface area (Å²) in [7, 11) is -4.71. The van der Waals surface area contributed by atoms with Crippen LogP contribution in [0.3, 0.4) is 0 Å². The smallest absolute Gasteiger partial charge is 0.296 e. The molecule has 0 amide bonds. The molecule has 0 saturated carbocycles. The van der Waals surface area contributed by atoms with Gasteiger partial charge < -0.3 is 5.11 Å². The monoisotopic (exact) mass is 698 g/mol. The van der Waals surface area contributed by atoms with Crippen LogP contribution in [-0.4, -0.2) is 18.1 Å². The van der Waals surface area contributed by atoms with Crippen molar-refractivity contribution in [2.45, 2.75) is 115 Å². The molecule has 276 valence electrons. The lowest BCUT2D eigenvalue weighted by molar-refractivity contribution is 0.463. The van der Waals surface area contributed by atoms with Gasteiger partial charge in [0.2, 0.25) is 0 Å². The van der Waals surface area contributed by atoms with Crippen molar-refractivity contribution in [3.05, 3.63) is 89.5 Å². The van der Waals surface area contributed by atoms with Crippen LogP contribution in [0.25, 0.3) is 24.3 Å². The molecule has 0 unspecified atom stereocenters. The SMILES string of the molecule is C=C/C=C(\C=C)N=Nc1ccc(N=Nc2c(S(=O)(=O)O)cc(=C/CC)/c(=C\C)c2O)c(C=C)c1/C=C\C.CC.CC.CC.CC.CC.CC. The second-order valence-corrected chi connectivity index (χ2v) is 8.91. The molecule has 8 nitrogen and oxygen atoms in total. The molecule has 0 aromatic heterocycles. The highest BCUT2D eigenvalue weighted by molar-refractivity contribution is 7.86. The van der Waals surface area contributed by atoms with Crippen molar-refractivity contribution in [1.82, 2.24) is 0 Å². The molecule has 0 aliphatic heterocycles. The Labute approximate surface area is 299 Å². The first-order valence-electron chi connectivity index (χ1n) is 17.4. The van der Waals surface area contributed by atoms with E-state index in [0.717, 1.165) is 0 Å². The number of phenolic OH excluding ortho intramolecular Hbond substituents is 1. The van der Waals surface area contributed by atoms with E-state index < -0.39 is 20.8 Å². The van der Waals surface area contributed by atoms with Crippen LogP contribution in [0.4, 0.5) is 17.1 Å². The summed E-state index contributed by atoms with van der Waals surface area (Å²) >= 11 is 0. The molecule has 2 aromatic carbocycles. The third-order valence-corrected chi connectivity index (χ3v) is 5.98. The molecule has 2 rings (SSSR count). The van der Waals surface area contributed by atoms with E-state index in [2.05, 4.69) is 40.2 Å². The standard InChI is InChI=1S/C28H30N4O4S.6C2H6/c1-7-13-19-18-26(37(34,35)36)27(28(33)21(19)11-5)32-31-24-16-17-25(23(15-9-3)22(24)12-6)30-29-20(10-4)14-8-2;6*1-2/h8-18,33H,2,4,6-7H2,1,3,5H3,(H,34,35,36);6*1-2H3/b15-9-,19-13-,20-14+,21-11+,30-29?,32-31?;;;;;;. The van der Waals surface area contributed by atoms with Crippen LogP contribution in [0.15, 0.2) is 93.3 Å². The zero-order chi connectivity index (χ0) is 39.6. The molecule has 0 aliphatic carbocycles. The zero-order valence-corrected chi connectivity index (χ0v) is 33.9. The van der Waals surface area contributed by atoms with Gasteiger partial charge in [-0.05, 0) is 55.8 Å². The number of azo groups is 2. The summed E-state index contributed by atoms with van der Waals surface area (Å²) in [6.45, 7) is 40.6. The third-order valence-electron chi connectivity index (χ3n) is 5.11. The quantitative estimate of drug-likeness (QED) is 0.145. The second-order valence-electron chi connectivity index (χ2n) is 7.52. The molecule has 9 heteroatoms. The molecule has 0 aliphatic rings. The third kappa shape index (κ3) is 18.8. The average Bonchev–Trinajstić information content (AvgIpc) is 3.15. The second kappa shape index (κ2) is 35.1. The first-order chi connectivity index (χ1) is 23.7. The Morgan fingerprint density at radius 1 is 0.816 bits per heavy atom. The van der Waals surface area contributed by atoms with Gasteiger partial charge in [-0.25, -0.2) is 0 Å². The van der Waals surface area contributed by atoms with Gasteiger partial charge in [-0.2, -0.15) is 13.5 Å². The molecule has 0 spiro atoms. The molecular formula is C40H66N4O4S. The van der Waals surface area contributed by atoms with Gasteiger partial charge in [0.1, 0.15) is 10.6 Å². The summed E-state index contributed by atoms with van der Waals surface area (Å²) in [6.07, 6.45) is 13.9. The predicted octanol–water partition coefficient (Wildman–Crippen LogP) is 13.2. The molecule has 0 fully saturated rings. The van der Waals surface area contributed by atoms with Crippen molar-refractivity contribution in [3.63, 3.8) is 0 Å². The molecule has 2 N–H and O–H groups in total. The number of rotatable bonds is 10. The molecule has 2 aromatic rings. The van der Waals surface area contributed by atoms with E-state index in [-0.39, 0.29) is 5.69 Å². The number of aromatic hydroxyl groups is 1. The topological polar surface area (TPSA) is 124 Å². The Kier molecular flexibility index (Phi) is 38.9. The largest absolute Gasteiger partial charge is 0.505 e. The Bertz CT molecular complexity index is 1570. The maximum Gasteiger partial charge on any atom is 0.296 e. The van der Waals surface area contributed by atoms with Crippen LogP contribution in [0.1, 0.15) is 121 Å². The highest BCUT2D eigenvalue weighted by atomic mass is 32.2. The molecule has 0 saturated heterocycles. The van der Waals surface area contributed by atoms with Crippen molar-refractivity contribution in [3.8, 4) is 5.75 Å². The Morgan fingerprint density at radius 3 is 1.71 bits per heavy atom. The fraction of sp³-hybridized carbons (Fsp3) is 0.400. The van der Waals surface area contributed by atoms with E-state index in [4.69, 9.17) is 0 Å². The Hall–Kier alpha value is -4.21. The van der Waals surface area contributed by atoms with E-state index in [9.17, 15) is 18.1 Å². The van der Waals surface area contributed by atoms with E-state index in [1.165, 1.54) is 6.07 Å². The Morgan fingerprint density at radius 2 is 1.33 bits per heavy atom. The van der Waals surface area contributed by atoms with Crippen LogP contribution in [0, 0.1) is 0 Å². The van der Waals surface area contributed by atoms with Gasteiger partial charge in [-0.3, -0.25) is 4.55 Å². The molecule has 0 heterocycles. The number of phenols is 1. The summed E-state index contributed by atoms with van der Waals surface area (Å²) < 4.78 is 34.1. The lowest BCUT2D eigenvalue weighted by atomic mass is 10.0. The van der Waals surface area contributed by atoms with Gasteiger partial charge >= 0.3 is 0 Å². The van der Waals surface area contributed by atoms with Gasteiger partial charge in [-0.1, -0.05) is 146 Å². The van der Waals surface area contributed by atoms with Gasteiger partial charge in [0.05, 0.1) is 17.1 Å². The van der Waals surface area contributed by atoms with E-state index in [1.54, 1.807) is 61.6 Å². The molecule has 0 radical (unpaired) electrons. The van der Waals surface area contributed by atoms with Gasteiger partial charge in [0.25, 0.3) is 10.1 Å². The normalized spacial score (nSPS) is 11.1. The van der Waals surface area contributed by atoms with Crippen molar-refractivity contribution < 1.29 is 18.1 Å². The number of hydrogen-bond donors (Lipinski definition) is 2. The summed E-state index contributed by atoms with van der Waals surface area (Å²) in [4.78, 5) is -0.552. The van der Waals surface area contributed by atoms with Crippen LogP contribution < -0.4 is 10.4 Å². The van der Waals surface area contributed by atoms with E-state index in [1.807, 2.05) is 103 Å². The minimum atomic E-state index is -4.71. The fourth-order valence-corrected chi connectivity index (χ4v) is 4.13. The predicted molar refractivity (Wildman–Crippen MR) is 219 cm³/mol. The first-order valence-corrected chi connectivity index (χ1v) is 18.8. The molecular weight excluding hydrogens is 633 g/mol. The van der Waals surface area contributed by atoms with E-state index >= 15 is 0 Å². The number of benzene rings is 2. The summed E-state index contributed by atoms with van der Waals surface area (Å²) in [6, 6.07) is 4.55. The molecule has 0 bridgehead atoms. The molecule has 49 heavy (non-hydrogen) atoms. The van der Waals surface area contributed by atoms with Crippen molar-refractivity contribution >= 4 is 51.5 Å². The maximum absolute atomic E-state index is 12.1. The number of hydrogen-bond acceptors (Lipinski definition) is 7. The van der Waals surface area contributed by atoms with Crippen LogP contribution in [0.2, 0.25) is 0 Å². The summed E-state index contributed by atoms with van der Waals surface area (Å²) in [5.74, 6) is -0.411. The average molecular weight is 699 g/mol. The highest BCUT2D eigenvalue weighted by Gasteiger charge is 2.21. The summed E-state index contributed by atoms with van der Waals surface area (Å²) in [5.41, 5.74) is 2.20. The van der Waals surface area contributed by atoms with Crippen molar-refractivity contribution in [1.29, 1.82) is 0 Å². The van der Waals surface area contributed by atoms with E-state index in [0.29, 0.717) is 45.1 Å². The van der Waals surface area contributed by atoms with Gasteiger partial charge in [0.15, 0.2) is 5.75 Å². The van der Waals surface area contributed by atoms with Gasteiger partial charge in [-0.15, -0.1) is 15.3 Å². The van der Waals surface area contributed by atoms with Gasteiger partial charge in [0, 0.05) is 16.3 Å². The number of nitrogens with zero attached hydrogens (tertiary/aromatic N) is 4. The molecule has 0 atom stereocenters. The number of allylic oxidation sites excluding steroid dienone is 4. The van der Waals surface area contributed by atoms with Crippen LogP contribution in [0.5, 0.6) is 5.75 Å². The lowest BCUT2D eigenvalue weighted by Crippen LogP contribution is -2.26.